The van der Waals surface area contributed by atoms with Crippen LogP contribution in [0.4, 0.5) is 5.69 Å². The average molecular weight is 383 g/mol. The first-order valence-electron chi connectivity index (χ1n) is 9.93. The fraction of sp³-hybridized carbons (Fsp3) is 0.435. The molecule has 5 nitrogen and oxygen atoms in total. The number of ether oxygens (including phenoxy) is 2. The number of anilines is 1. The maximum atomic E-state index is 13.6. The summed E-state index contributed by atoms with van der Waals surface area (Å²) in [5.74, 6) is 1.34. The van der Waals surface area contributed by atoms with Gasteiger partial charge in [0.2, 0.25) is 5.91 Å². The van der Waals surface area contributed by atoms with E-state index in [0.717, 1.165) is 44.5 Å². The molecule has 0 aromatic heterocycles. The van der Waals surface area contributed by atoms with Gasteiger partial charge in [0.1, 0.15) is 11.5 Å². The highest BCUT2D eigenvalue weighted by Gasteiger charge is 2.41. The van der Waals surface area contributed by atoms with Gasteiger partial charge in [-0.3, -0.25) is 4.79 Å². The molecule has 2 aromatic rings. The van der Waals surface area contributed by atoms with Gasteiger partial charge in [0.15, 0.2) is 0 Å². The minimum atomic E-state index is -0.540. The highest BCUT2D eigenvalue weighted by Crippen LogP contribution is 2.37. The van der Waals surface area contributed by atoms with Crippen LogP contribution in [0.15, 0.2) is 48.5 Å². The molecule has 3 rings (SSSR count). The molecule has 1 saturated heterocycles. The summed E-state index contributed by atoms with van der Waals surface area (Å²) in [6.07, 6.45) is 2.63. The molecule has 150 valence electrons. The van der Waals surface area contributed by atoms with Gasteiger partial charge >= 0.3 is 0 Å². The van der Waals surface area contributed by atoms with Crippen molar-refractivity contribution in [3.05, 3.63) is 54.1 Å². The van der Waals surface area contributed by atoms with Gasteiger partial charge in [-0.05, 0) is 44.5 Å². The molecule has 2 aromatic carbocycles. The van der Waals surface area contributed by atoms with Gasteiger partial charge in [-0.1, -0.05) is 37.3 Å². The maximum Gasteiger partial charge on any atom is 0.235 e. The smallest absolute Gasteiger partial charge is 0.235 e. The van der Waals surface area contributed by atoms with Crippen molar-refractivity contribution in [2.75, 3.05) is 39.2 Å². The van der Waals surface area contributed by atoms with Gasteiger partial charge in [0.25, 0.3) is 0 Å². The Morgan fingerprint density at radius 1 is 1.04 bits per heavy atom. The highest BCUT2D eigenvalue weighted by molar-refractivity contribution is 5.99. The first-order chi connectivity index (χ1) is 13.6. The van der Waals surface area contributed by atoms with Gasteiger partial charge in [-0.25, -0.2) is 0 Å². The summed E-state index contributed by atoms with van der Waals surface area (Å²) in [5, 5.41) is 3.14. The van der Waals surface area contributed by atoms with Gasteiger partial charge in [0, 0.05) is 23.9 Å². The lowest BCUT2D eigenvalue weighted by Crippen LogP contribution is -2.41. The molecular formula is C23H30N2O3. The number of hydrogen-bond donors (Lipinski definition) is 1. The molecule has 0 saturated carbocycles. The largest absolute Gasteiger partial charge is 0.497 e. The lowest BCUT2D eigenvalue weighted by atomic mass is 9.73. The molecule has 1 N–H and O–H groups in total. The number of nitrogens with zero attached hydrogens (tertiary/aromatic N) is 1. The Hall–Kier alpha value is -2.53. The summed E-state index contributed by atoms with van der Waals surface area (Å²) in [6, 6.07) is 15.6. The second-order valence-electron chi connectivity index (χ2n) is 7.29. The van der Waals surface area contributed by atoms with Crippen molar-refractivity contribution >= 4 is 11.6 Å². The zero-order valence-corrected chi connectivity index (χ0v) is 17.0. The van der Waals surface area contributed by atoms with Crippen LogP contribution in [0.1, 0.15) is 31.7 Å². The molecular weight excluding hydrogens is 352 g/mol. The fourth-order valence-electron chi connectivity index (χ4n) is 4.04. The fourth-order valence-corrected chi connectivity index (χ4v) is 4.04. The summed E-state index contributed by atoms with van der Waals surface area (Å²) in [7, 11) is 3.22. The van der Waals surface area contributed by atoms with Crippen LogP contribution in [0.2, 0.25) is 0 Å². The molecule has 1 atom stereocenters. The molecule has 1 aliphatic heterocycles. The lowest BCUT2D eigenvalue weighted by Gasteiger charge is -2.32. The Kier molecular flexibility index (Phi) is 6.57. The second kappa shape index (κ2) is 9.11. The van der Waals surface area contributed by atoms with Crippen LogP contribution in [0, 0.1) is 0 Å². The van der Waals surface area contributed by atoms with E-state index in [1.807, 2.05) is 30.3 Å². The number of amides is 1. The zero-order valence-electron chi connectivity index (χ0n) is 17.0. The monoisotopic (exact) mass is 382 g/mol. The second-order valence-corrected chi connectivity index (χ2v) is 7.29. The Labute approximate surface area is 167 Å². The Bertz CT molecular complexity index is 771. The molecule has 28 heavy (non-hydrogen) atoms. The summed E-state index contributed by atoms with van der Waals surface area (Å²) in [4.78, 5) is 16.0. The molecule has 0 spiro atoms. The molecule has 1 amide bonds. The number of likely N-dealkylation sites (tertiary alicyclic amines) is 1. The summed E-state index contributed by atoms with van der Waals surface area (Å²) >= 11 is 0. The van der Waals surface area contributed by atoms with Crippen LogP contribution >= 0.6 is 0 Å². The van der Waals surface area contributed by atoms with Crippen molar-refractivity contribution in [3.8, 4) is 11.5 Å². The van der Waals surface area contributed by atoms with Crippen molar-refractivity contribution in [2.45, 2.75) is 31.6 Å². The topological polar surface area (TPSA) is 50.8 Å². The number of carbonyl (C=O) groups is 1. The van der Waals surface area contributed by atoms with Crippen LogP contribution in [-0.2, 0) is 10.2 Å². The Morgan fingerprint density at radius 3 is 2.32 bits per heavy atom. The van der Waals surface area contributed by atoms with Gasteiger partial charge in [0.05, 0.1) is 19.6 Å². The predicted octanol–water partition coefficient (Wildman–Crippen LogP) is 4.09. The van der Waals surface area contributed by atoms with Crippen molar-refractivity contribution in [1.29, 1.82) is 0 Å². The molecule has 1 heterocycles. The summed E-state index contributed by atoms with van der Waals surface area (Å²) in [5.41, 5.74) is 1.23. The van der Waals surface area contributed by atoms with Crippen molar-refractivity contribution in [1.82, 2.24) is 4.90 Å². The standard InChI is InChI=1S/C23H30N2O3/c1-4-25-13-8-11-23(12-14-25,18-9-6-5-7-10-18)22(26)24-19-15-20(27-2)17-21(16-19)28-3/h5-7,9-10,15-17H,4,8,11-14H2,1-3H3,(H,24,26). The lowest BCUT2D eigenvalue weighted by molar-refractivity contribution is -0.122. The van der Waals surface area contributed by atoms with Gasteiger partial charge in [-0.2, -0.15) is 0 Å². The van der Waals surface area contributed by atoms with Gasteiger partial charge in [-0.15, -0.1) is 0 Å². The molecule has 1 aliphatic rings. The van der Waals surface area contributed by atoms with E-state index in [1.165, 1.54) is 0 Å². The summed E-state index contributed by atoms with van der Waals surface area (Å²) in [6.45, 7) is 5.14. The summed E-state index contributed by atoms with van der Waals surface area (Å²) < 4.78 is 10.7. The van der Waals surface area contributed by atoms with Crippen molar-refractivity contribution in [2.24, 2.45) is 0 Å². The number of benzene rings is 2. The highest BCUT2D eigenvalue weighted by atomic mass is 16.5. The average Bonchev–Trinajstić information content (AvgIpc) is 2.97. The van der Waals surface area contributed by atoms with E-state index in [9.17, 15) is 4.79 Å². The first-order valence-corrected chi connectivity index (χ1v) is 9.93. The molecule has 1 fully saturated rings. The Balaban J connectivity index is 1.94. The minimum Gasteiger partial charge on any atom is -0.497 e. The third-order valence-electron chi connectivity index (χ3n) is 5.75. The molecule has 0 radical (unpaired) electrons. The van der Waals surface area contributed by atoms with Crippen molar-refractivity contribution in [3.63, 3.8) is 0 Å². The van der Waals surface area contributed by atoms with E-state index in [4.69, 9.17) is 9.47 Å². The number of nitrogens with one attached hydrogen (secondary N) is 1. The Morgan fingerprint density at radius 2 is 1.71 bits per heavy atom. The maximum absolute atomic E-state index is 13.6. The SMILES string of the molecule is CCN1CCCC(C(=O)Nc2cc(OC)cc(OC)c2)(c2ccccc2)CC1. The number of hydrogen-bond acceptors (Lipinski definition) is 4. The number of carbonyl (C=O) groups excluding carboxylic acids is 1. The number of methoxy groups -OCH3 is 2. The van der Waals surface area contributed by atoms with Crippen LogP contribution in [0.25, 0.3) is 0 Å². The third-order valence-corrected chi connectivity index (χ3v) is 5.75. The quantitative estimate of drug-likeness (QED) is 0.818. The predicted molar refractivity (Wildman–Crippen MR) is 112 cm³/mol. The third kappa shape index (κ3) is 4.30. The molecule has 1 unspecified atom stereocenters. The van der Waals surface area contributed by atoms with Crippen LogP contribution in [0.3, 0.4) is 0 Å². The van der Waals surface area contributed by atoms with E-state index in [-0.39, 0.29) is 5.91 Å². The minimum absolute atomic E-state index is 0.0342. The van der Waals surface area contributed by atoms with Crippen molar-refractivity contribution < 1.29 is 14.3 Å². The van der Waals surface area contributed by atoms with E-state index >= 15 is 0 Å². The molecule has 0 bridgehead atoms. The van der Waals surface area contributed by atoms with E-state index in [1.54, 1.807) is 20.3 Å². The number of rotatable bonds is 6. The van der Waals surface area contributed by atoms with E-state index in [0.29, 0.717) is 17.2 Å². The molecule has 0 aliphatic carbocycles. The van der Waals surface area contributed by atoms with Gasteiger partial charge < -0.3 is 19.7 Å². The normalized spacial score (nSPS) is 20.2. The van der Waals surface area contributed by atoms with Crippen LogP contribution in [0.5, 0.6) is 11.5 Å². The van der Waals surface area contributed by atoms with Crippen LogP contribution in [-0.4, -0.2) is 44.7 Å². The molecule has 5 heteroatoms. The zero-order chi connectivity index (χ0) is 20.0. The van der Waals surface area contributed by atoms with E-state index < -0.39 is 5.41 Å². The first kappa shape index (κ1) is 20.2. The van der Waals surface area contributed by atoms with Crippen LogP contribution < -0.4 is 14.8 Å². The van der Waals surface area contributed by atoms with E-state index in [2.05, 4.69) is 29.3 Å².